The molecule has 1 aliphatic rings. The van der Waals surface area contributed by atoms with E-state index in [4.69, 9.17) is 5.73 Å². The average molecular weight is 329 g/mol. The number of hydrogen-bond acceptors (Lipinski definition) is 1. The first-order valence-corrected chi connectivity index (χ1v) is 9.47. The Morgan fingerprint density at radius 3 is 2.40 bits per heavy atom. The van der Waals surface area contributed by atoms with E-state index in [9.17, 15) is 0 Å². The minimum atomic E-state index is 0.160. The van der Waals surface area contributed by atoms with Crippen LogP contribution >= 0.6 is 0 Å². The van der Waals surface area contributed by atoms with Crippen molar-refractivity contribution in [2.24, 2.45) is 5.73 Å². The van der Waals surface area contributed by atoms with Crippen LogP contribution in [0, 0.1) is 6.92 Å². The second-order valence-electron chi connectivity index (χ2n) is 7.70. The minimum absolute atomic E-state index is 0.160. The third-order valence-corrected chi connectivity index (χ3v) is 6.23. The van der Waals surface area contributed by atoms with E-state index in [1.165, 1.54) is 53.1 Å². The minimum Gasteiger partial charge on any atom is -0.330 e. The summed E-state index contributed by atoms with van der Waals surface area (Å²) in [5.74, 6) is 0.649. The van der Waals surface area contributed by atoms with Gasteiger partial charge in [-0.3, -0.25) is 0 Å². The maximum absolute atomic E-state index is 6.30. The SMILES string of the molecule is Cc1cccc([C@]2(CN)CC[C@@H](c3cccc4ccccc43)CC2)c1. The van der Waals surface area contributed by atoms with Crippen LogP contribution in [0.4, 0.5) is 0 Å². The predicted octanol–water partition coefficient (Wildman–Crippen LogP) is 5.70. The van der Waals surface area contributed by atoms with Crippen molar-refractivity contribution < 1.29 is 0 Å². The molecule has 0 spiro atoms. The van der Waals surface area contributed by atoms with Gasteiger partial charge in [0.05, 0.1) is 0 Å². The number of hydrogen-bond donors (Lipinski definition) is 1. The van der Waals surface area contributed by atoms with Crippen LogP contribution in [0.5, 0.6) is 0 Å². The Labute approximate surface area is 150 Å². The Balaban J connectivity index is 1.62. The monoisotopic (exact) mass is 329 g/mol. The van der Waals surface area contributed by atoms with Crippen molar-refractivity contribution >= 4 is 10.8 Å². The van der Waals surface area contributed by atoms with Gasteiger partial charge in [0, 0.05) is 12.0 Å². The lowest BCUT2D eigenvalue weighted by Gasteiger charge is -2.40. The Morgan fingerprint density at radius 2 is 1.64 bits per heavy atom. The Morgan fingerprint density at radius 1 is 0.920 bits per heavy atom. The second kappa shape index (κ2) is 6.65. The number of aryl methyl sites for hydroxylation is 1. The van der Waals surface area contributed by atoms with Crippen LogP contribution in [0.3, 0.4) is 0 Å². The lowest BCUT2D eigenvalue weighted by atomic mass is 9.65. The van der Waals surface area contributed by atoms with Gasteiger partial charge < -0.3 is 5.73 Å². The van der Waals surface area contributed by atoms with Crippen LogP contribution in [-0.2, 0) is 5.41 Å². The maximum atomic E-state index is 6.30. The fourth-order valence-corrected chi connectivity index (χ4v) is 4.67. The number of nitrogens with two attached hydrogens (primary N) is 1. The second-order valence-corrected chi connectivity index (χ2v) is 7.70. The Hall–Kier alpha value is -2.12. The summed E-state index contributed by atoms with van der Waals surface area (Å²) in [6.07, 6.45) is 4.81. The van der Waals surface area contributed by atoms with Crippen LogP contribution in [0.1, 0.15) is 48.3 Å². The zero-order chi connectivity index (χ0) is 17.3. The van der Waals surface area contributed by atoms with Gasteiger partial charge in [0.2, 0.25) is 0 Å². The van der Waals surface area contributed by atoms with Crippen molar-refractivity contribution in [1.82, 2.24) is 0 Å². The van der Waals surface area contributed by atoms with Gasteiger partial charge >= 0.3 is 0 Å². The summed E-state index contributed by atoms with van der Waals surface area (Å²) in [4.78, 5) is 0. The molecule has 0 aliphatic heterocycles. The Bertz CT molecular complexity index is 867. The van der Waals surface area contributed by atoms with E-state index in [0.29, 0.717) is 5.92 Å². The van der Waals surface area contributed by atoms with Crippen molar-refractivity contribution in [1.29, 1.82) is 0 Å². The molecule has 1 nitrogen and oxygen atoms in total. The maximum Gasteiger partial charge on any atom is 0.00761 e. The largest absolute Gasteiger partial charge is 0.330 e. The fourth-order valence-electron chi connectivity index (χ4n) is 4.67. The van der Waals surface area contributed by atoms with Gasteiger partial charge in [-0.1, -0.05) is 72.3 Å². The molecule has 2 N–H and O–H groups in total. The first-order chi connectivity index (χ1) is 12.2. The van der Waals surface area contributed by atoms with Crippen molar-refractivity contribution in [3.8, 4) is 0 Å². The molecule has 25 heavy (non-hydrogen) atoms. The van der Waals surface area contributed by atoms with Gasteiger partial charge in [0.25, 0.3) is 0 Å². The summed E-state index contributed by atoms with van der Waals surface area (Å²) in [6.45, 7) is 2.92. The van der Waals surface area contributed by atoms with Crippen LogP contribution in [-0.4, -0.2) is 6.54 Å². The molecule has 0 bridgehead atoms. The van der Waals surface area contributed by atoms with E-state index in [2.05, 4.69) is 73.7 Å². The smallest absolute Gasteiger partial charge is 0.00761 e. The van der Waals surface area contributed by atoms with E-state index in [1.807, 2.05) is 0 Å². The normalized spacial score (nSPS) is 23.7. The summed E-state index contributed by atoms with van der Waals surface area (Å²) in [6, 6.07) is 24.5. The molecular weight excluding hydrogens is 302 g/mol. The molecule has 0 amide bonds. The Kier molecular flexibility index (Phi) is 4.35. The molecule has 0 heterocycles. The van der Waals surface area contributed by atoms with Crippen LogP contribution in [0.15, 0.2) is 66.7 Å². The highest BCUT2D eigenvalue weighted by molar-refractivity contribution is 5.86. The van der Waals surface area contributed by atoms with Gasteiger partial charge in [-0.25, -0.2) is 0 Å². The zero-order valence-corrected chi connectivity index (χ0v) is 15.0. The van der Waals surface area contributed by atoms with Crippen LogP contribution < -0.4 is 5.73 Å². The molecule has 0 radical (unpaired) electrons. The highest BCUT2D eigenvalue weighted by Crippen LogP contribution is 2.45. The topological polar surface area (TPSA) is 26.0 Å². The molecule has 3 aromatic carbocycles. The van der Waals surface area contributed by atoms with Crippen molar-refractivity contribution in [2.45, 2.75) is 43.9 Å². The third-order valence-electron chi connectivity index (χ3n) is 6.23. The molecule has 3 aromatic rings. The average Bonchev–Trinajstić information content (AvgIpc) is 2.68. The quantitative estimate of drug-likeness (QED) is 0.655. The molecule has 0 atom stereocenters. The highest BCUT2D eigenvalue weighted by atomic mass is 14.6. The van der Waals surface area contributed by atoms with Gasteiger partial charge in [-0.15, -0.1) is 0 Å². The summed E-state index contributed by atoms with van der Waals surface area (Å²) < 4.78 is 0. The van der Waals surface area contributed by atoms with Crippen molar-refractivity contribution in [3.63, 3.8) is 0 Å². The van der Waals surface area contributed by atoms with Crippen molar-refractivity contribution in [2.75, 3.05) is 6.54 Å². The molecule has 1 aliphatic carbocycles. The lowest BCUT2D eigenvalue weighted by Crippen LogP contribution is -2.38. The summed E-state index contributed by atoms with van der Waals surface area (Å²) in [7, 11) is 0. The predicted molar refractivity (Wildman–Crippen MR) is 107 cm³/mol. The zero-order valence-electron chi connectivity index (χ0n) is 15.0. The molecule has 128 valence electrons. The first-order valence-electron chi connectivity index (χ1n) is 9.47. The first kappa shape index (κ1) is 16.4. The van der Waals surface area contributed by atoms with Gasteiger partial charge in [-0.2, -0.15) is 0 Å². The van der Waals surface area contributed by atoms with Crippen LogP contribution in [0.25, 0.3) is 10.8 Å². The number of benzene rings is 3. The van der Waals surface area contributed by atoms with Crippen LogP contribution in [0.2, 0.25) is 0 Å². The fraction of sp³-hybridized carbons (Fsp3) is 0.333. The molecule has 1 heteroatoms. The standard InChI is InChI=1S/C24H27N/c1-18-6-4-9-21(16-18)24(17-25)14-12-20(13-15-24)23-11-5-8-19-7-2-3-10-22(19)23/h2-11,16,20H,12-15,17,25H2,1H3/t20-,24-. The van der Waals surface area contributed by atoms with Gasteiger partial charge in [0.1, 0.15) is 0 Å². The van der Waals surface area contributed by atoms with Crippen molar-refractivity contribution in [3.05, 3.63) is 83.4 Å². The lowest BCUT2D eigenvalue weighted by molar-refractivity contribution is 0.276. The molecule has 1 fully saturated rings. The molecular formula is C24H27N. The summed E-state index contributed by atoms with van der Waals surface area (Å²) in [5, 5.41) is 2.78. The summed E-state index contributed by atoms with van der Waals surface area (Å²) >= 11 is 0. The summed E-state index contributed by atoms with van der Waals surface area (Å²) in [5.41, 5.74) is 10.7. The number of fused-ring (bicyclic) bond motifs is 1. The van der Waals surface area contributed by atoms with Gasteiger partial charge in [0.15, 0.2) is 0 Å². The molecule has 0 aromatic heterocycles. The molecule has 1 saturated carbocycles. The highest BCUT2D eigenvalue weighted by Gasteiger charge is 2.36. The van der Waals surface area contributed by atoms with Gasteiger partial charge in [-0.05, 0) is 60.4 Å². The van der Waals surface area contributed by atoms with E-state index in [1.54, 1.807) is 0 Å². The van der Waals surface area contributed by atoms with E-state index in [-0.39, 0.29) is 5.41 Å². The third kappa shape index (κ3) is 2.98. The van der Waals surface area contributed by atoms with E-state index in [0.717, 1.165) is 6.54 Å². The molecule has 4 rings (SSSR count). The van der Waals surface area contributed by atoms with E-state index >= 15 is 0 Å². The molecule has 0 saturated heterocycles. The molecule has 0 unspecified atom stereocenters. The van der Waals surface area contributed by atoms with E-state index < -0.39 is 0 Å². The number of rotatable bonds is 3.